The predicted molar refractivity (Wildman–Crippen MR) is 101 cm³/mol. The minimum Gasteiger partial charge on any atom is -0.491 e. The molecule has 138 valence electrons. The highest BCUT2D eigenvalue weighted by atomic mass is 35.5. The van der Waals surface area contributed by atoms with Crippen molar-refractivity contribution in [2.75, 3.05) is 25.1 Å². The average molecular weight is 377 g/mol. The molecule has 2 aromatic rings. The number of nitrogens with one attached hydrogen (secondary N) is 2. The maximum atomic E-state index is 12.0. The van der Waals surface area contributed by atoms with E-state index in [9.17, 15) is 9.59 Å². The first-order valence-corrected chi connectivity index (χ1v) is 8.63. The molecule has 0 atom stereocenters. The number of carbonyl (C=O) groups is 2. The lowest BCUT2D eigenvalue weighted by molar-refractivity contribution is -0.125. The van der Waals surface area contributed by atoms with Crippen LogP contribution in [-0.2, 0) is 9.59 Å². The van der Waals surface area contributed by atoms with Crippen molar-refractivity contribution in [3.8, 4) is 11.5 Å². The second-order valence-corrected chi connectivity index (χ2v) is 5.85. The van der Waals surface area contributed by atoms with E-state index in [1.165, 1.54) is 0 Å². The van der Waals surface area contributed by atoms with Gasteiger partial charge in [-0.05, 0) is 42.8 Å². The van der Waals surface area contributed by atoms with Gasteiger partial charge in [0.2, 0.25) is 5.91 Å². The maximum absolute atomic E-state index is 12.0. The zero-order valence-corrected chi connectivity index (χ0v) is 15.2. The lowest BCUT2D eigenvalue weighted by atomic mass is 10.3. The van der Waals surface area contributed by atoms with Gasteiger partial charge < -0.3 is 20.1 Å². The summed E-state index contributed by atoms with van der Waals surface area (Å²) in [6, 6.07) is 13.8. The maximum Gasteiger partial charge on any atom is 0.258 e. The smallest absolute Gasteiger partial charge is 0.258 e. The van der Waals surface area contributed by atoms with Crippen LogP contribution in [0, 0.1) is 0 Å². The number of hydrogen-bond acceptors (Lipinski definition) is 4. The molecule has 2 N–H and O–H groups in total. The van der Waals surface area contributed by atoms with Crippen molar-refractivity contribution in [2.24, 2.45) is 0 Å². The Hall–Kier alpha value is -2.73. The molecule has 0 radical (unpaired) electrons. The molecule has 7 heteroatoms. The molecular formula is C19H21ClN2O4. The van der Waals surface area contributed by atoms with Crippen molar-refractivity contribution in [3.05, 3.63) is 53.6 Å². The number of amides is 2. The van der Waals surface area contributed by atoms with Gasteiger partial charge in [-0.2, -0.15) is 0 Å². The molecule has 0 bridgehead atoms. The van der Waals surface area contributed by atoms with E-state index in [1.807, 2.05) is 13.0 Å². The van der Waals surface area contributed by atoms with Crippen LogP contribution in [-0.4, -0.2) is 31.6 Å². The molecule has 0 heterocycles. The van der Waals surface area contributed by atoms with Gasteiger partial charge in [-0.3, -0.25) is 9.59 Å². The van der Waals surface area contributed by atoms with Crippen molar-refractivity contribution >= 4 is 29.1 Å². The van der Waals surface area contributed by atoms with E-state index in [4.69, 9.17) is 21.1 Å². The van der Waals surface area contributed by atoms with Crippen LogP contribution >= 0.6 is 11.6 Å². The van der Waals surface area contributed by atoms with Gasteiger partial charge in [-0.1, -0.05) is 30.7 Å². The number of anilines is 1. The van der Waals surface area contributed by atoms with E-state index in [2.05, 4.69) is 10.6 Å². The van der Waals surface area contributed by atoms with Crippen molar-refractivity contribution in [2.45, 2.75) is 13.3 Å². The molecule has 26 heavy (non-hydrogen) atoms. The second-order valence-electron chi connectivity index (χ2n) is 5.41. The van der Waals surface area contributed by atoms with Crippen LogP contribution in [0.1, 0.15) is 13.3 Å². The SMILES string of the molecule is CCCOc1ccccc1NC(=O)CNC(=O)COc1ccc(Cl)cc1. The Balaban J connectivity index is 1.76. The van der Waals surface area contributed by atoms with E-state index < -0.39 is 5.91 Å². The first-order chi connectivity index (χ1) is 12.6. The fourth-order valence-corrected chi connectivity index (χ4v) is 2.14. The van der Waals surface area contributed by atoms with Crippen LogP contribution in [0.15, 0.2) is 48.5 Å². The minimum atomic E-state index is -0.398. The Kier molecular flexibility index (Phi) is 7.76. The van der Waals surface area contributed by atoms with Gasteiger partial charge >= 0.3 is 0 Å². The van der Waals surface area contributed by atoms with Gasteiger partial charge in [0.15, 0.2) is 6.61 Å². The van der Waals surface area contributed by atoms with Crippen molar-refractivity contribution in [1.29, 1.82) is 0 Å². The monoisotopic (exact) mass is 376 g/mol. The van der Waals surface area contributed by atoms with E-state index in [1.54, 1.807) is 42.5 Å². The van der Waals surface area contributed by atoms with Crippen molar-refractivity contribution in [1.82, 2.24) is 5.32 Å². The van der Waals surface area contributed by atoms with E-state index >= 15 is 0 Å². The summed E-state index contributed by atoms with van der Waals surface area (Å²) >= 11 is 5.78. The normalized spacial score (nSPS) is 10.1. The van der Waals surface area contributed by atoms with Gasteiger partial charge in [0.25, 0.3) is 5.91 Å². The summed E-state index contributed by atoms with van der Waals surface area (Å²) in [6.07, 6.45) is 0.867. The molecule has 2 aromatic carbocycles. The molecule has 0 unspecified atom stereocenters. The zero-order valence-electron chi connectivity index (χ0n) is 14.5. The van der Waals surface area contributed by atoms with Gasteiger partial charge in [-0.25, -0.2) is 0 Å². The summed E-state index contributed by atoms with van der Waals surface area (Å²) < 4.78 is 10.9. The first kappa shape index (κ1) is 19.6. The van der Waals surface area contributed by atoms with Crippen LogP contribution in [0.2, 0.25) is 5.02 Å². The molecule has 6 nitrogen and oxygen atoms in total. The standard InChI is InChI=1S/C19H21ClN2O4/c1-2-11-25-17-6-4-3-5-16(17)22-18(23)12-21-19(24)13-26-15-9-7-14(20)8-10-15/h3-10H,2,11-13H2,1H3,(H,21,24)(H,22,23). The number of para-hydroxylation sites is 2. The lowest BCUT2D eigenvalue weighted by Gasteiger charge is -2.12. The minimum absolute atomic E-state index is 0.162. The third kappa shape index (κ3) is 6.64. The Labute approximate surface area is 157 Å². The molecule has 2 amide bonds. The molecule has 0 saturated heterocycles. The molecular weight excluding hydrogens is 356 g/mol. The van der Waals surface area contributed by atoms with Gasteiger partial charge in [-0.15, -0.1) is 0 Å². The number of carbonyl (C=O) groups excluding carboxylic acids is 2. The van der Waals surface area contributed by atoms with Gasteiger partial charge in [0.05, 0.1) is 18.8 Å². The highest BCUT2D eigenvalue weighted by Crippen LogP contribution is 2.23. The van der Waals surface area contributed by atoms with E-state index in [-0.39, 0.29) is 19.1 Å². The van der Waals surface area contributed by atoms with Crippen molar-refractivity contribution in [3.63, 3.8) is 0 Å². The van der Waals surface area contributed by atoms with Crippen LogP contribution in [0.5, 0.6) is 11.5 Å². The fraction of sp³-hybridized carbons (Fsp3) is 0.263. The van der Waals surface area contributed by atoms with Crippen LogP contribution < -0.4 is 20.1 Å². The van der Waals surface area contributed by atoms with Crippen molar-refractivity contribution < 1.29 is 19.1 Å². The zero-order chi connectivity index (χ0) is 18.8. The first-order valence-electron chi connectivity index (χ1n) is 8.25. The van der Waals surface area contributed by atoms with Crippen LogP contribution in [0.4, 0.5) is 5.69 Å². The number of benzene rings is 2. The molecule has 0 aliphatic heterocycles. The molecule has 0 aliphatic rings. The van der Waals surface area contributed by atoms with Crippen LogP contribution in [0.3, 0.4) is 0 Å². The highest BCUT2D eigenvalue weighted by molar-refractivity contribution is 6.30. The number of ether oxygens (including phenoxy) is 2. The summed E-state index contributed by atoms with van der Waals surface area (Å²) in [5.74, 6) is 0.374. The Morgan fingerprint density at radius 2 is 1.73 bits per heavy atom. The number of hydrogen-bond donors (Lipinski definition) is 2. The number of halogens is 1. The molecule has 2 rings (SSSR count). The summed E-state index contributed by atoms with van der Waals surface area (Å²) in [5.41, 5.74) is 0.567. The predicted octanol–water partition coefficient (Wildman–Crippen LogP) is 3.26. The topological polar surface area (TPSA) is 76.7 Å². The largest absolute Gasteiger partial charge is 0.491 e. The molecule has 0 aliphatic carbocycles. The molecule has 0 fully saturated rings. The number of rotatable bonds is 9. The summed E-state index contributed by atoms with van der Waals surface area (Å²) in [6.45, 7) is 2.21. The summed E-state index contributed by atoms with van der Waals surface area (Å²) in [4.78, 5) is 23.8. The molecule has 0 spiro atoms. The lowest BCUT2D eigenvalue weighted by Crippen LogP contribution is -2.35. The third-order valence-electron chi connectivity index (χ3n) is 3.25. The summed E-state index contributed by atoms with van der Waals surface area (Å²) in [7, 11) is 0. The average Bonchev–Trinajstić information content (AvgIpc) is 2.65. The Morgan fingerprint density at radius 3 is 2.46 bits per heavy atom. The van der Waals surface area contributed by atoms with E-state index in [0.717, 1.165) is 6.42 Å². The summed E-state index contributed by atoms with van der Waals surface area (Å²) in [5, 5.41) is 5.81. The Bertz CT molecular complexity index is 735. The van der Waals surface area contributed by atoms with Gasteiger partial charge in [0, 0.05) is 5.02 Å². The fourth-order valence-electron chi connectivity index (χ4n) is 2.01. The quantitative estimate of drug-likeness (QED) is 0.704. The highest BCUT2D eigenvalue weighted by Gasteiger charge is 2.09. The third-order valence-corrected chi connectivity index (χ3v) is 3.50. The Morgan fingerprint density at radius 1 is 1.00 bits per heavy atom. The van der Waals surface area contributed by atoms with E-state index in [0.29, 0.717) is 28.8 Å². The van der Waals surface area contributed by atoms with Gasteiger partial charge in [0.1, 0.15) is 11.5 Å². The molecule has 0 saturated carbocycles. The molecule has 0 aromatic heterocycles. The van der Waals surface area contributed by atoms with Crippen LogP contribution in [0.25, 0.3) is 0 Å². The second kappa shape index (κ2) is 10.3.